The topological polar surface area (TPSA) is 17.1 Å². The molecule has 0 saturated carbocycles. The number of carbonyl (C=O) groups excluding carboxylic acids is 1. The normalized spacial score (nSPS) is 11.1. The highest BCUT2D eigenvalue weighted by Gasteiger charge is 2.14. The molecule has 0 fully saturated rings. The molecule has 3 aromatic rings. The smallest absolute Gasteiger partial charge is 0.177 e. The molecule has 96 valence electrons. The minimum Gasteiger partial charge on any atom is -0.293 e. The van der Waals surface area contributed by atoms with Crippen LogP contribution >= 0.6 is 54.5 Å². The molecule has 0 atom stereocenters. The highest BCUT2D eigenvalue weighted by Crippen LogP contribution is 2.34. The lowest BCUT2D eigenvalue weighted by Crippen LogP contribution is -2.00. The van der Waals surface area contributed by atoms with E-state index in [1.807, 2.05) is 18.2 Å². The number of carbonyl (C=O) groups is 1. The van der Waals surface area contributed by atoms with Gasteiger partial charge in [0.25, 0.3) is 0 Å². The third-order valence-corrected chi connectivity index (χ3v) is 7.14. The summed E-state index contributed by atoms with van der Waals surface area (Å²) in [6.07, 6.45) is 0.462. The molecule has 0 bridgehead atoms. The molecule has 0 aliphatic rings. The molecule has 0 unspecified atom stereocenters. The van der Waals surface area contributed by atoms with E-state index in [9.17, 15) is 4.79 Å². The van der Waals surface area contributed by atoms with E-state index in [2.05, 4.69) is 49.4 Å². The van der Waals surface area contributed by atoms with Gasteiger partial charge in [-0.2, -0.15) is 0 Å². The van der Waals surface area contributed by atoms with Gasteiger partial charge in [0.05, 0.1) is 8.66 Å². The number of rotatable bonds is 3. The Balaban J connectivity index is 1.90. The molecule has 1 nitrogen and oxygen atoms in total. The van der Waals surface area contributed by atoms with Gasteiger partial charge in [0.1, 0.15) is 0 Å². The zero-order valence-corrected chi connectivity index (χ0v) is 14.5. The Hall–Kier alpha value is -0.490. The second-order valence-corrected chi connectivity index (χ2v) is 8.23. The average molecular weight is 416 g/mol. The summed E-state index contributed by atoms with van der Waals surface area (Å²) >= 11 is 10.0. The second kappa shape index (κ2) is 5.48. The summed E-state index contributed by atoms with van der Waals surface area (Å²) in [5.41, 5.74) is 1.12. The Labute approximate surface area is 135 Å². The third-order valence-electron chi connectivity index (χ3n) is 2.83. The lowest BCUT2D eigenvalue weighted by Gasteiger charge is -1.97. The van der Waals surface area contributed by atoms with E-state index in [4.69, 9.17) is 0 Å². The first kappa shape index (κ1) is 13.5. The molecule has 19 heavy (non-hydrogen) atoms. The van der Waals surface area contributed by atoms with E-state index in [1.54, 1.807) is 11.3 Å². The van der Waals surface area contributed by atoms with Gasteiger partial charge < -0.3 is 0 Å². The molecule has 5 heteroatoms. The molecule has 0 N–H and O–H groups in total. The van der Waals surface area contributed by atoms with Crippen LogP contribution in [0, 0.1) is 0 Å². The van der Waals surface area contributed by atoms with Gasteiger partial charge in [-0.05, 0) is 60.3 Å². The fourth-order valence-electron chi connectivity index (χ4n) is 1.91. The van der Waals surface area contributed by atoms with Gasteiger partial charge in [-0.1, -0.05) is 18.2 Å². The van der Waals surface area contributed by atoms with Crippen LogP contribution in [0.4, 0.5) is 0 Å². The van der Waals surface area contributed by atoms with E-state index in [1.165, 1.54) is 21.4 Å². The van der Waals surface area contributed by atoms with Crippen molar-refractivity contribution in [1.82, 2.24) is 0 Å². The van der Waals surface area contributed by atoms with Gasteiger partial charge in [0, 0.05) is 15.6 Å². The van der Waals surface area contributed by atoms with Crippen LogP contribution in [0.3, 0.4) is 0 Å². The Kier molecular flexibility index (Phi) is 3.89. The van der Waals surface area contributed by atoms with Crippen molar-refractivity contribution in [3.63, 3.8) is 0 Å². The Morgan fingerprint density at radius 1 is 1.21 bits per heavy atom. The number of thiophene rings is 2. The van der Waals surface area contributed by atoms with E-state index in [-0.39, 0.29) is 5.78 Å². The van der Waals surface area contributed by atoms with E-state index in [0.717, 1.165) is 18.7 Å². The van der Waals surface area contributed by atoms with Gasteiger partial charge in [-0.3, -0.25) is 4.79 Å². The van der Waals surface area contributed by atoms with E-state index in [0.29, 0.717) is 6.42 Å². The van der Waals surface area contributed by atoms with Gasteiger partial charge in [-0.25, -0.2) is 0 Å². The van der Waals surface area contributed by atoms with Crippen LogP contribution in [0.25, 0.3) is 10.1 Å². The molecule has 1 aromatic carbocycles. The summed E-state index contributed by atoms with van der Waals surface area (Å²) in [7, 11) is 0. The first-order valence-corrected chi connectivity index (χ1v) is 8.86. The van der Waals surface area contributed by atoms with Crippen molar-refractivity contribution in [3.8, 4) is 0 Å². The van der Waals surface area contributed by atoms with E-state index < -0.39 is 0 Å². The first-order chi connectivity index (χ1) is 9.15. The standard InChI is InChI=1S/C14H8Br2OS2/c15-10-6-13(19-14(10)16)11(17)5-8-7-18-12-4-2-1-3-9(8)12/h1-4,6-7H,5H2. The van der Waals surface area contributed by atoms with Crippen LogP contribution in [-0.2, 0) is 6.42 Å². The molecular formula is C14H8Br2OS2. The van der Waals surface area contributed by atoms with Gasteiger partial charge in [0.2, 0.25) is 0 Å². The summed E-state index contributed by atoms with van der Waals surface area (Å²) in [5.74, 6) is 0.167. The van der Waals surface area contributed by atoms with Crippen LogP contribution in [0.5, 0.6) is 0 Å². The molecule has 2 heterocycles. The van der Waals surface area contributed by atoms with Crippen molar-refractivity contribution in [3.05, 3.63) is 54.4 Å². The largest absolute Gasteiger partial charge is 0.293 e. The number of fused-ring (bicyclic) bond motifs is 1. The highest BCUT2D eigenvalue weighted by molar-refractivity contribution is 9.13. The number of benzene rings is 1. The Bertz CT molecular complexity index is 738. The third kappa shape index (κ3) is 2.70. The summed E-state index contributed by atoms with van der Waals surface area (Å²) in [4.78, 5) is 13.1. The van der Waals surface area contributed by atoms with Crippen LogP contribution in [0.2, 0.25) is 0 Å². The van der Waals surface area contributed by atoms with Crippen LogP contribution < -0.4 is 0 Å². The maximum absolute atomic E-state index is 12.3. The summed E-state index contributed by atoms with van der Waals surface area (Å²) in [6.45, 7) is 0. The second-order valence-electron chi connectivity index (χ2n) is 4.09. The molecule has 0 spiro atoms. The summed E-state index contributed by atoms with van der Waals surface area (Å²) < 4.78 is 3.14. The van der Waals surface area contributed by atoms with E-state index >= 15 is 0 Å². The minimum atomic E-state index is 0.167. The van der Waals surface area contributed by atoms with Gasteiger partial charge in [-0.15, -0.1) is 22.7 Å². The summed E-state index contributed by atoms with van der Waals surface area (Å²) in [6, 6.07) is 10.1. The molecule has 0 radical (unpaired) electrons. The zero-order valence-electron chi connectivity index (χ0n) is 9.65. The molecule has 3 rings (SSSR count). The molecule has 0 amide bonds. The van der Waals surface area contributed by atoms with Gasteiger partial charge >= 0.3 is 0 Å². The molecule has 0 aliphatic carbocycles. The molecule has 2 aromatic heterocycles. The maximum Gasteiger partial charge on any atom is 0.177 e. The Morgan fingerprint density at radius 2 is 2.00 bits per heavy atom. The number of halogens is 2. The number of ketones is 1. The predicted octanol–water partition coefficient (Wildman–Crippen LogP) is 5.91. The number of hydrogen-bond acceptors (Lipinski definition) is 3. The van der Waals surface area contributed by atoms with Crippen molar-refractivity contribution in [2.45, 2.75) is 6.42 Å². The Morgan fingerprint density at radius 3 is 2.74 bits per heavy atom. The zero-order chi connectivity index (χ0) is 13.4. The molecule has 0 aliphatic heterocycles. The fourth-order valence-corrected chi connectivity index (χ4v) is 4.85. The number of Topliss-reactive ketones (excluding diaryl/α,β-unsaturated/α-hetero) is 1. The van der Waals surface area contributed by atoms with Crippen LogP contribution in [-0.4, -0.2) is 5.78 Å². The van der Waals surface area contributed by atoms with Crippen molar-refractivity contribution < 1.29 is 4.79 Å². The first-order valence-electron chi connectivity index (χ1n) is 5.58. The summed E-state index contributed by atoms with van der Waals surface area (Å²) in [5, 5.41) is 3.27. The predicted molar refractivity (Wildman–Crippen MR) is 89.6 cm³/mol. The number of hydrogen-bond donors (Lipinski definition) is 0. The minimum absolute atomic E-state index is 0.167. The van der Waals surface area contributed by atoms with Crippen molar-refractivity contribution in [2.75, 3.05) is 0 Å². The van der Waals surface area contributed by atoms with Crippen LogP contribution in [0.1, 0.15) is 15.2 Å². The SMILES string of the molecule is O=C(Cc1csc2ccccc12)c1cc(Br)c(Br)s1. The average Bonchev–Trinajstić information content (AvgIpc) is 2.95. The quantitative estimate of drug-likeness (QED) is 0.485. The van der Waals surface area contributed by atoms with Crippen molar-refractivity contribution in [1.29, 1.82) is 0 Å². The monoisotopic (exact) mass is 414 g/mol. The van der Waals surface area contributed by atoms with Gasteiger partial charge in [0.15, 0.2) is 5.78 Å². The molecule has 0 saturated heterocycles. The van der Waals surface area contributed by atoms with Crippen molar-refractivity contribution >= 4 is 70.4 Å². The molecular weight excluding hydrogens is 408 g/mol. The highest BCUT2D eigenvalue weighted by atomic mass is 79.9. The fraction of sp³-hybridized carbons (Fsp3) is 0.0714. The maximum atomic E-state index is 12.3. The lowest BCUT2D eigenvalue weighted by atomic mass is 10.1. The van der Waals surface area contributed by atoms with Crippen molar-refractivity contribution in [2.24, 2.45) is 0 Å². The lowest BCUT2D eigenvalue weighted by molar-refractivity contribution is 0.0997. The van der Waals surface area contributed by atoms with Crippen LogP contribution in [0.15, 0.2) is 44.0 Å².